The van der Waals surface area contributed by atoms with Gasteiger partial charge in [-0.25, -0.2) is 4.79 Å². The molecule has 8 heteroatoms. The van der Waals surface area contributed by atoms with Crippen LogP contribution in [0.15, 0.2) is 9.64 Å². The lowest BCUT2D eigenvalue weighted by molar-refractivity contribution is -0.126. The van der Waals surface area contributed by atoms with Crippen LogP contribution in [0.4, 0.5) is 4.79 Å². The van der Waals surface area contributed by atoms with Gasteiger partial charge in [0.2, 0.25) is 11.8 Å². The fraction of sp³-hybridized carbons (Fsp3) is 0.636. The zero-order valence-corrected chi connectivity index (χ0v) is 11.3. The summed E-state index contributed by atoms with van der Waals surface area (Å²) in [5.41, 5.74) is 0. The Balaban J connectivity index is 1.61. The third kappa shape index (κ3) is 2.58. The number of aromatic nitrogens is 2. The average Bonchev–Trinajstić information content (AvgIpc) is 3.00. The quantitative estimate of drug-likeness (QED) is 0.828. The van der Waals surface area contributed by atoms with E-state index < -0.39 is 5.25 Å². The summed E-state index contributed by atoms with van der Waals surface area (Å²) in [6.07, 6.45) is 2.18. The summed E-state index contributed by atoms with van der Waals surface area (Å²) in [6.45, 7) is 2.66. The van der Waals surface area contributed by atoms with E-state index in [-0.39, 0.29) is 11.9 Å². The van der Waals surface area contributed by atoms with Gasteiger partial charge in [0.15, 0.2) is 0 Å². The van der Waals surface area contributed by atoms with Gasteiger partial charge in [-0.3, -0.25) is 9.69 Å². The fourth-order valence-electron chi connectivity index (χ4n) is 1.87. The van der Waals surface area contributed by atoms with E-state index in [1.54, 1.807) is 6.92 Å². The summed E-state index contributed by atoms with van der Waals surface area (Å²) < 4.78 is 5.49. The number of thioether (sulfide) groups is 1. The molecular formula is C11H14N4O3S. The van der Waals surface area contributed by atoms with Crippen LogP contribution in [-0.2, 0) is 4.79 Å². The van der Waals surface area contributed by atoms with Gasteiger partial charge in [-0.1, -0.05) is 11.8 Å². The smallest absolute Gasteiger partial charge is 0.324 e. The third-order valence-corrected chi connectivity index (χ3v) is 4.02. The Hall–Kier alpha value is -1.57. The Kier molecular flexibility index (Phi) is 3.17. The van der Waals surface area contributed by atoms with Crippen LogP contribution in [0.25, 0.3) is 0 Å². The van der Waals surface area contributed by atoms with Crippen LogP contribution in [0.3, 0.4) is 0 Å². The van der Waals surface area contributed by atoms with E-state index in [0.29, 0.717) is 30.1 Å². The van der Waals surface area contributed by atoms with E-state index in [0.717, 1.165) is 12.8 Å². The molecular weight excluding hydrogens is 268 g/mol. The Morgan fingerprint density at radius 3 is 2.95 bits per heavy atom. The monoisotopic (exact) mass is 282 g/mol. The summed E-state index contributed by atoms with van der Waals surface area (Å²) in [4.78, 5) is 24.7. The molecule has 1 N–H and O–H groups in total. The summed E-state index contributed by atoms with van der Waals surface area (Å²) in [7, 11) is 0. The fourth-order valence-corrected chi connectivity index (χ4v) is 2.62. The van der Waals surface area contributed by atoms with Crippen molar-refractivity contribution in [2.75, 3.05) is 13.1 Å². The molecule has 2 heterocycles. The molecule has 3 amide bonds. The van der Waals surface area contributed by atoms with Crippen molar-refractivity contribution in [1.82, 2.24) is 20.4 Å². The van der Waals surface area contributed by atoms with Crippen molar-refractivity contribution in [3.63, 3.8) is 0 Å². The van der Waals surface area contributed by atoms with E-state index >= 15 is 0 Å². The minimum atomic E-state index is -0.420. The molecule has 0 spiro atoms. The van der Waals surface area contributed by atoms with Gasteiger partial charge in [-0.2, -0.15) is 0 Å². The first-order valence-corrected chi connectivity index (χ1v) is 7.12. The predicted octanol–water partition coefficient (Wildman–Crippen LogP) is 0.979. The normalized spacial score (nSPS) is 20.5. The highest BCUT2D eigenvalue weighted by molar-refractivity contribution is 8.00. The second-order valence-corrected chi connectivity index (χ2v) is 5.95. The van der Waals surface area contributed by atoms with Crippen LogP contribution in [0.1, 0.15) is 31.6 Å². The molecule has 7 nitrogen and oxygen atoms in total. The Morgan fingerprint density at radius 2 is 2.32 bits per heavy atom. The molecule has 1 atom stereocenters. The number of hydrogen-bond acceptors (Lipinski definition) is 6. The maximum atomic E-state index is 12.1. The second kappa shape index (κ2) is 4.84. The van der Waals surface area contributed by atoms with E-state index in [9.17, 15) is 9.59 Å². The van der Waals surface area contributed by atoms with Crippen molar-refractivity contribution in [3.05, 3.63) is 5.89 Å². The number of nitrogens with one attached hydrogen (secondary N) is 1. The Labute approximate surface area is 114 Å². The standard InChI is InChI=1S/C11H14N4O3S/c1-6(9(16)15-5-4-12-10(15)17)19-11-14-13-8(18-11)7-2-3-7/h6-7H,2-5H2,1H3,(H,12,17)/t6-/m1/s1. The summed E-state index contributed by atoms with van der Waals surface area (Å²) in [6, 6.07) is -0.332. The van der Waals surface area contributed by atoms with Crippen molar-refractivity contribution in [1.29, 1.82) is 0 Å². The van der Waals surface area contributed by atoms with Gasteiger partial charge >= 0.3 is 6.03 Å². The van der Waals surface area contributed by atoms with Gasteiger partial charge in [0.1, 0.15) is 0 Å². The molecule has 1 aliphatic carbocycles. The van der Waals surface area contributed by atoms with Gasteiger partial charge in [-0.15, -0.1) is 10.2 Å². The molecule has 1 saturated carbocycles. The highest BCUT2D eigenvalue weighted by Crippen LogP contribution is 2.40. The predicted molar refractivity (Wildman–Crippen MR) is 66.7 cm³/mol. The molecule has 102 valence electrons. The molecule has 0 bridgehead atoms. The number of urea groups is 1. The zero-order chi connectivity index (χ0) is 13.4. The Bertz CT molecular complexity index is 514. The third-order valence-electron chi connectivity index (χ3n) is 3.10. The number of nitrogens with zero attached hydrogens (tertiary/aromatic N) is 3. The molecule has 0 radical (unpaired) electrons. The molecule has 2 aliphatic rings. The van der Waals surface area contributed by atoms with Crippen molar-refractivity contribution >= 4 is 23.7 Å². The van der Waals surface area contributed by atoms with Crippen molar-refractivity contribution < 1.29 is 14.0 Å². The lowest BCUT2D eigenvalue weighted by atomic mass is 10.4. The first kappa shape index (κ1) is 12.5. The van der Waals surface area contributed by atoms with E-state index in [1.807, 2.05) is 0 Å². The minimum absolute atomic E-state index is 0.230. The number of carbonyl (C=O) groups is 2. The number of carbonyl (C=O) groups excluding carboxylic acids is 2. The molecule has 0 aromatic carbocycles. The van der Waals surface area contributed by atoms with Gasteiger partial charge in [0.05, 0.1) is 5.25 Å². The van der Waals surface area contributed by atoms with Crippen LogP contribution in [0.2, 0.25) is 0 Å². The van der Waals surface area contributed by atoms with Crippen LogP contribution in [0.5, 0.6) is 0 Å². The number of amides is 3. The lowest BCUT2D eigenvalue weighted by Crippen LogP contribution is -2.38. The number of hydrogen-bond donors (Lipinski definition) is 1. The van der Waals surface area contributed by atoms with Crippen LogP contribution in [-0.4, -0.2) is 45.4 Å². The van der Waals surface area contributed by atoms with Gasteiger partial charge in [0, 0.05) is 19.0 Å². The maximum Gasteiger partial charge on any atom is 0.324 e. The first-order valence-electron chi connectivity index (χ1n) is 6.24. The molecule has 0 unspecified atom stereocenters. The molecule has 1 aromatic rings. The van der Waals surface area contributed by atoms with E-state index in [4.69, 9.17) is 4.42 Å². The van der Waals surface area contributed by atoms with Crippen LogP contribution < -0.4 is 5.32 Å². The average molecular weight is 282 g/mol. The number of rotatable bonds is 4. The van der Waals surface area contributed by atoms with E-state index in [1.165, 1.54) is 16.7 Å². The molecule has 2 fully saturated rings. The second-order valence-electron chi connectivity index (χ2n) is 4.66. The number of imide groups is 1. The highest BCUT2D eigenvalue weighted by atomic mass is 32.2. The molecule has 19 heavy (non-hydrogen) atoms. The summed E-state index contributed by atoms with van der Waals surface area (Å²) in [5, 5.41) is 10.5. The zero-order valence-electron chi connectivity index (χ0n) is 10.5. The lowest BCUT2D eigenvalue weighted by Gasteiger charge is -2.15. The largest absolute Gasteiger partial charge is 0.416 e. The van der Waals surface area contributed by atoms with Crippen LogP contribution >= 0.6 is 11.8 Å². The topological polar surface area (TPSA) is 88.3 Å². The highest BCUT2D eigenvalue weighted by Gasteiger charge is 2.32. The SMILES string of the molecule is C[C@@H](Sc1nnc(C2CC2)o1)C(=O)N1CCNC1=O. The van der Waals surface area contributed by atoms with Gasteiger partial charge in [0.25, 0.3) is 5.22 Å². The summed E-state index contributed by atoms with van der Waals surface area (Å²) >= 11 is 1.20. The Morgan fingerprint density at radius 1 is 1.53 bits per heavy atom. The van der Waals surface area contributed by atoms with Crippen molar-refractivity contribution in [3.8, 4) is 0 Å². The van der Waals surface area contributed by atoms with Crippen LogP contribution in [0, 0.1) is 0 Å². The first-order chi connectivity index (χ1) is 9.15. The van der Waals surface area contributed by atoms with Gasteiger partial charge in [-0.05, 0) is 19.8 Å². The van der Waals surface area contributed by atoms with Gasteiger partial charge < -0.3 is 9.73 Å². The maximum absolute atomic E-state index is 12.1. The summed E-state index contributed by atoms with van der Waals surface area (Å²) in [5.74, 6) is 0.824. The molecule has 1 aromatic heterocycles. The van der Waals surface area contributed by atoms with Crippen molar-refractivity contribution in [2.45, 2.75) is 36.2 Å². The molecule has 1 saturated heterocycles. The van der Waals surface area contributed by atoms with E-state index in [2.05, 4.69) is 15.5 Å². The molecule has 1 aliphatic heterocycles. The molecule has 3 rings (SSSR count). The minimum Gasteiger partial charge on any atom is -0.416 e. The van der Waals surface area contributed by atoms with Crippen molar-refractivity contribution in [2.24, 2.45) is 0 Å².